The standard InChI is InChI=1S/C26H28N4O3S/c1-4-5-8-17-34-26-27-25(32)24-21-9-6-7-10-22(21)29(18(2)31)23(30(24)28-26)16-13-19-11-14-20(33-3)15-12-19/h6-7,9-16,23H,4-5,8,17H2,1-3H3/p+1/b16-13+/t23-/m0/s1. The van der Waals surface area contributed by atoms with Crippen molar-refractivity contribution in [3.8, 4) is 17.0 Å². The third kappa shape index (κ3) is 4.92. The summed E-state index contributed by atoms with van der Waals surface area (Å²) in [6.45, 7) is 3.69. The molecule has 0 aliphatic carbocycles. The summed E-state index contributed by atoms with van der Waals surface area (Å²) in [5, 5.41) is 5.33. The number of aromatic amines is 1. The van der Waals surface area contributed by atoms with E-state index in [1.165, 1.54) is 18.7 Å². The average molecular weight is 478 g/mol. The first kappa shape index (κ1) is 23.8. The molecule has 34 heavy (non-hydrogen) atoms. The van der Waals surface area contributed by atoms with Gasteiger partial charge in [-0.15, -0.1) is 0 Å². The molecule has 0 radical (unpaired) electrons. The van der Waals surface area contributed by atoms with E-state index in [9.17, 15) is 9.59 Å². The van der Waals surface area contributed by atoms with Gasteiger partial charge < -0.3 is 4.74 Å². The second kappa shape index (κ2) is 10.7. The number of hydrogen-bond donors (Lipinski definition) is 1. The van der Waals surface area contributed by atoms with Crippen LogP contribution in [0, 0.1) is 0 Å². The maximum atomic E-state index is 13.2. The fourth-order valence-electron chi connectivity index (χ4n) is 4.03. The van der Waals surface area contributed by atoms with Gasteiger partial charge in [-0.3, -0.25) is 14.6 Å². The number of thioether (sulfide) groups is 1. The number of benzene rings is 2. The summed E-state index contributed by atoms with van der Waals surface area (Å²) in [5.41, 5.74) is 2.55. The molecule has 1 aromatic heterocycles. The third-order valence-corrected chi connectivity index (χ3v) is 6.65. The second-order valence-electron chi connectivity index (χ2n) is 8.06. The van der Waals surface area contributed by atoms with E-state index in [-0.39, 0.29) is 11.5 Å². The Bertz CT molecular complexity index is 1250. The van der Waals surface area contributed by atoms with Gasteiger partial charge in [0.2, 0.25) is 11.1 Å². The van der Waals surface area contributed by atoms with Crippen molar-refractivity contribution in [3.05, 3.63) is 70.5 Å². The first-order chi connectivity index (χ1) is 16.5. The first-order valence-corrected chi connectivity index (χ1v) is 12.4. The van der Waals surface area contributed by atoms with Gasteiger partial charge in [0.25, 0.3) is 6.17 Å². The van der Waals surface area contributed by atoms with E-state index in [2.05, 4.69) is 11.9 Å². The van der Waals surface area contributed by atoms with E-state index < -0.39 is 6.17 Å². The number of carbonyl (C=O) groups excluding carboxylic acids is 1. The minimum Gasteiger partial charge on any atom is -0.497 e. The van der Waals surface area contributed by atoms with Crippen molar-refractivity contribution < 1.29 is 14.2 Å². The van der Waals surface area contributed by atoms with Crippen LogP contribution in [0.25, 0.3) is 17.3 Å². The maximum absolute atomic E-state index is 13.2. The predicted molar refractivity (Wildman–Crippen MR) is 135 cm³/mol. The van der Waals surface area contributed by atoms with Crippen molar-refractivity contribution in [2.45, 2.75) is 44.4 Å². The summed E-state index contributed by atoms with van der Waals surface area (Å²) in [6, 6.07) is 15.1. The first-order valence-electron chi connectivity index (χ1n) is 11.4. The normalized spacial score (nSPS) is 14.7. The van der Waals surface area contributed by atoms with Crippen LogP contribution in [0.3, 0.4) is 0 Å². The molecule has 0 bridgehead atoms. The molecule has 176 valence electrons. The Morgan fingerprint density at radius 3 is 2.68 bits per heavy atom. The minimum absolute atomic E-state index is 0.130. The molecule has 8 heteroatoms. The quantitative estimate of drug-likeness (QED) is 0.292. The molecule has 3 aromatic rings. The molecule has 0 unspecified atom stereocenters. The molecule has 7 nitrogen and oxygen atoms in total. The smallest absolute Gasteiger partial charge is 0.325 e. The summed E-state index contributed by atoms with van der Waals surface area (Å²) < 4.78 is 6.91. The van der Waals surface area contributed by atoms with E-state index in [4.69, 9.17) is 9.84 Å². The molecule has 0 saturated heterocycles. The molecular weight excluding hydrogens is 448 g/mol. The topological polar surface area (TPSA) is 79.2 Å². The molecule has 1 aliphatic heterocycles. The fourth-order valence-corrected chi connectivity index (χ4v) is 4.88. The van der Waals surface area contributed by atoms with Crippen LogP contribution >= 0.6 is 11.8 Å². The van der Waals surface area contributed by atoms with Gasteiger partial charge in [-0.1, -0.05) is 61.9 Å². The van der Waals surface area contributed by atoms with E-state index in [1.807, 2.05) is 60.7 Å². The van der Waals surface area contributed by atoms with Gasteiger partial charge in [0.15, 0.2) is 0 Å². The van der Waals surface area contributed by atoms with Gasteiger partial charge in [0, 0.05) is 23.9 Å². The Balaban J connectivity index is 1.80. The average Bonchev–Trinajstić information content (AvgIpc) is 2.85. The number of fused-ring (bicyclic) bond motifs is 3. The molecule has 4 rings (SSSR count). The zero-order valence-electron chi connectivity index (χ0n) is 19.7. The Morgan fingerprint density at radius 1 is 1.21 bits per heavy atom. The number of carbonyl (C=O) groups is 1. The van der Waals surface area contributed by atoms with E-state index in [0.717, 1.165) is 36.3 Å². The number of anilines is 1. The van der Waals surface area contributed by atoms with Gasteiger partial charge in [0.1, 0.15) is 5.75 Å². The van der Waals surface area contributed by atoms with Crippen molar-refractivity contribution in [2.75, 3.05) is 17.8 Å². The molecule has 0 spiro atoms. The summed E-state index contributed by atoms with van der Waals surface area (Å²) in [6.07, 6.45) is 6.57. The van der Waals surface area contributed by atoms with Crippen LogP contribution in [-0.2, 0) is 4.79 Å². The van der Waals surface area contributed by atoms with E-state index in [1.54, 1.807) is 16.7 Å². The molecule has 2 heterocycles. The molecule has 1 aliphatic rings. The van der Waals surface area contributed by atoms with Crippen molar-refractivity contribution >= 4 is 29.4 Å². The zero-order chi connectivity index (χ0) is 24.1. The summed E-state index contributed by atoms with van der Waals surface area (Å²) >= 11 is 1.53. The number of amides is 1. The number of hydrogen-bond acceptors (Lipinski definition) is 5. The number of unbranched alkanes of at least 4 members (excludes halogenated alkanes) is 2. The van der Waals surface area contributed by atoms with Crippen LogP contribution < -0.4 is 19.9 Å². The maximum Gasteiger partial charge on any atom is 0.325 e. The lowest BCUT2D eigenvalue weighted by Crippen LogP contribution is -2.59. The van der Waals surface area contributed by atoms with E-state index >= 15 is 0 Å². The molecule has 1 atom stereocenters. The number of methoxy groups -OCH3 is 1. The van der Waals surface area contributed by atoms with Crippen LogP contribution in [0.2, 0.25) is 0 Å². The van der Waals surface area contributed by atoms with Crippen LogP contribution in [0.1, 0.15) is 44.8 Å². The van der Waals surface area contributed by atoms with Gasteiger partial charge in [-0.25, -0.2) is 4.90 Å². The highest BCUT2D eigenvalue weighted by molar-refractivity contribution is 7.99. The zero-order valence-corrected chi connectivity index (χ0v) is 20.5. The summed E-state index contributed by atoms with van der Waals surface area (Å²) in [4.78, 5) is 30.7. The van der Waals surface area contributed by atoms with E-state index in [0.29, 0.717) is 22.1 Å². The van der Waals surface area contributed by atoms with Gasteiger partial charge in [-0.05, 0) is 40.9 Å². The monoisotopic (exact) mass is 477 g/mol. The van der Waals surface area contributed by atoms with Crippen LogP contribution in [0.15, 0.2) is 64.6 Å². The van der Waals surface area contributed by atoms with Gasteiger partial charge in [-0.2, -0.15) is 0 Å². The van der Waals surface area contributed by atoms with Crippen molar-refractivity contribution in [1.29, 1.82) is 0 Å². The minimum atomic E-state index is -0.582. The van der Waals surface area contributed by atoms with Crippen LogP contribution in [-0.4, -0.2) is 28.9 Å². The molecule has 1 N–H and O–H groups in total. The number of nitrogens with one attached hydrogen (secondary N) is 1. The lowest BCUT2D eigenvalue weighted by atomic mass is 10.0. The highest BCUT2D eigenvalue weighted by Gasteiger charge is 2.42. The third-order valence-electron chi connectivity index (χ3n) is 5.70. The van der Waals surface area contributed by atoms with Crippen LogP contribution in [0.5, 0.6) is 5.75 Å². The Labute approximate surface area is 203 Å². The lowest BCUT2D eigenvalue weighted by molar-refractivity contribution is -0.761. The number of rotatable bonds is 8. The number of H-pyrrole nitrogens is 1. The molecule has 2 aromatic carbocycles. The molecular formula is C26H29N4O3S+. The van der Waals surface area contributed by atoms with Gasteiger partial charge in [0.05, 0.1) is 18.4 Å². The highest BCUT2D eigenvalue weighted by Crippen LogP contribution is 2.35. The number of para-hydroxylation sites is 1. The molecule has 0 saturated carbocycles. The Kier molecular flexibility index (Phi) is 7.47. The fraction of sp³-hybridized carbons (Fsp3) is 0.308. The van der Waals surface area contributed by atoms with Crippen molar-refractivity contribution in [2.24, 2.45) is 0 Å². The SMILES string of the molecule is CCCCCSc1n[n+]2c(c(=O)[nH]1)-c1ccccc1N(C(C)=O)[C@@H]2/C=C/c1ccc(OC)cc1. The van der Waals surface area contributed by atoms with Crippen molar-refractivity contribution in [1.82, 2.24) is 10.1 Å². The Morgan fingerprint density at radius 2 is 1.97 bits per heavy atom. The second-order valence-corrected chi connectivity index (χ2v) is 9.14. The molecule has 0 fully saturated rings. The molecule has 1 amide bonds. The summed E-state index contributed by atoms with van der Waals surface area (Å²) in [7, 11) is 1.63. The Hall–Kier alpha value is -3.39. The summed E-state index contributed by atoms with van der Waals surface area (Å²) in [5.74, 6) is 1.51. The van der Waals surface area contributed by atoms with Crippen molar-refractivity contribution in [3.63, 3.8) is 0 Å². The highest BCUT2D eigenvalue weighted by atomic mass is 32.2. The number of aromatic nitrogens is 3. The lowest BCUT2D eigenvalue weighted by Gasteiger charge is -2.29. The number of nitrogens with zero attached hydrogens (tertiary/aromatic N) is 3. The predicted octanol–water partition coefficient (Wildman–Crippen LogP) is 4.59. The largest absolute Gasteiger partial charge is 0.497 e. The van der Waals surface area contributed by atoms with Crippen LogP contribution in [0.4, 0.5) is 5.69 Å². The number of ether oxygens (including phenoxy) is 1. The van der Waals surface area contributed by atoms with Gasteiger partial charge >= 0.3 is 11.3 Å².